The van der Waals surface area contributed by atoms with E-state index < -0.39 is 34.9 Å². The van der Waals surface area contributed by atoms with Gasteiger partial charge in [-0.2, -0.15) is 5.10 Å². The van der Waals surface area contributed by atoms with Crippen LogP contribution in [-0.4, -0.2) is 71.1 Å². The van der Waals surface area contributed by atoms with E-state index in [4.69, 9.17) is 15.2 Å². The van der Waals surface area contributed by atoms with Gasteiger partial charge >= 0.3 is 0 Å². The number of pyridine rings is 1. The second-order valence-corrected chi connectivity index (χ2v) is 10.1. The number of nitrogens with two attached hydrogens (primary N) is 1. The Balaban J connectivity index is 2.12. The van der Waals surface area contributed by atoms with Gasteiger partial charge in [-0.3, -0.25) is 19.1 Å². The van der Waals surface area contributed by atoms with E-state index in [9.17, 15) is 14.4 Å². The Labute approximate surface area is 235 Å². The first kappa shape index (κ1) is 29.4. The molecule has 218 valence electrons. The molecule has 3 aromatic rings. The van der Waals surface area contributed by atoms with Crippen molar-refractivity contribution in [3.8, 4) is 22.8 Å². The molecule has 1 aliphatic rings. The fraction of sp³-hybridized carbons (Fsp3) is 0.393. The van der Waals surface area contributed by atoms with Gasteiger partial charge in [0.25, 0.3) is 5.91 Å². The van der Waals surface area contributed by atoms with Crippen molar-refractivity contribution in [1.82, 2.24) is 25.0 Å². The van der Waals surface area contributed by atoms with Crippen LogP contribution in [-0.2, 0) is 4.79 Å². The molecule has 4 rings (SSSR count). The van der Waals surface area contributed by atoms with Crippen LogP contribution in [0.4, 0.5) is 14.6 Å². The van der Waals surface area contributed by atoms with Gasteiger partial charge in [-0.25, -0.2) is 13.8 Å². The van der Waals surface area contributed by atoms with Gasteiger partial charge in [-0.05, 0) is 18.4 Å². The second-order valence-electron chi connectivity index (χ2n) is 10.1. The number of aromatic nitrogens is 3. The van der Waals surface area contributed by atoms with Gasteiger partial charge in [0, 0.05) is 32.6 Å². The maximum atomic E-state index is 15.7. The smallest absolute Gasteiger partial charge is 0.255 e. The number of methoxy groups -OCH3 is 2. The summed E-state index contributed by atoms with van der Waals surface area (Å²) in [5.74, 6) is -4.44. The van der Waals surface area contributed by atoms with Gasteiger partial charge in [0.2, 0.25) is 5.91 Å². The Morgan fingerprint density at radius 2 is 1.85 bits per heavy atom. The normalized spacial score (nSPS) is 14.9. The number of hydrogen-bond acceptors (Lipinski definition) is 8. The number of ether oxygens (including phenoxy) is 2. The number of hydrogen-bond donors (Lipinski definition) is 2. The lowest BCUT2D eigenvalue weighted by atomic mass is 10.0. The van der Waals surface area contributed by atoms with E-state index >= 15 is 8.78 Å². The molecule has 0 bridgehead atoms. The van der Waals surface area contributed by atoms with E-state index in [0.717, 1.165) is 6.07 Å². The maximum absolute atomic E-state index is 15.7. The molecule has 1 saturated heterocycles. The minimum atomic E-state index is -1.08. The van der Waals surface area contributed by atoms with Crippen molar-refractivity contribution in [3.63, 3.8) is 0 Å². The number of fused-ring (bicyclic) bond motifs is 1. The van der Waals surface area contributed by atoms with Crippen molar-refractivity contribution in [2.24, 2.45) is 5.92 Å². The van der Waals surface area contributed by atoms with Crippen LogP contribution in [0.2, 0.25) is 0 Å². The average molecular weight is 571 g/mol. The predicted molar refractivity (Wildman–Crippen MR) is 148 cm³/mol. The number of likely N-dealkylation sites (tertiary alicyclic amines) is 1. The molecule has 0 saturated carbocycles. The number of Topliss-reactive ketones (excluding diaryl/α,β-unsaturated/α-hetero) is 1. The predicted octanol–water partition coefficient (Wildman–Crippen LogP) is 3.52. The van der Waals surface area contributed by atoms with Crippen LogP contribution in [0, 0.1) is 17.6 Å². The number of amides is 2. The number of ketones is 1. The minimum absolute atomic E-state index is 0.0358. The molecule has 41 heavy (non-hydrogen) atoms. The Hall–Kier alpha value is -4.55. The van der Waals surface area contributed by atoms with Crippen molar-refractivity contribution in [2.75, 3.05) is 39.6 Å². The lowest BCUT2D eigenvalue weighted by Gasteiger charge is -2.17. The Bertz CT molecular complexity index is 1540. The quantitative estimate of drug-likeness (QED) is 0.294. The van der Waals surface area contributed by atoms with E-state index in [-0.39, 0.29) is 70.1 Å². The van der Waals surface area contributed by atoms with Crippen molar-refractivity contribution in [1.29, 1.82) is 0 Å². The molecule has 1 aromatic carbocycles. The van der Waals surface area contributed by atoms with Gasteiger partial charge in [0.1, 0.15) is 17.2 Å². The molecule has 0 aliphatic carbocycles. The summed E-state index contributed by atoms with van der Waals surface area (Å²) in [6.07, 6.45) is 1.58. The fourth-order valence-electron chi connectivity index (χ4n) is 4.92. The minimum Gasteiger partial charge on any atom is -0.494 e. The van der Waals surface area contributed by atoms with E-state index in [1.807, 2.05) is 13.8 Å². The van der Waals surface area contributed by atoms with Gasteiger partial charge in [0.15, 0.2) is 28.9 Å². The molecule has 1 fully saturated rings. The summed E-state index contributed by atoms with van der Waals surface area (Å²) in [7, 11) is 2.43. The van der Waals surface area contributed by atoms with Crippen LogP contribution in [0.5, 0.6) is 11.5 Å². The maximum Gasteiger partial charge on any atom is 0.255 e. The number of nitrogen functional groups attached to an aromatic ring is 1. The van der Waals surface area contributed by atoms with Crippen LogP contribution in [0.15, 0.2) is 18.7 Å². The zero-order valence-corrected chi connectivity index (χ0v) is 23.5. The highest BCUT2D eigenvalue weighted by Crippen LogP contribution is 2.43. The first-order valence-electron chi connectivity index (χ1n) is 13.0. The molecule has 2 amide bonds. The molecule has 1 unspecified atom stereocenters. The number of rotatable bonds is 9. The number of anilines is 1. The van der Waals surface area contributed by atoms with Gasteiger partial charge < -0.3 is 25.4 Å². The van der Waals surface area contributed by atoms with Crippen LogP contribution in [0.25, 0.3) is 22.2 Å². The molecule has 1 atom stereocenters. The zero-order chi connectivity index (χ0) is 30.2. The fourth-order valence-corrected chi connectivity index (χ4v) is 4.92. The average Bonchev–Trinajstić information content (AvgIpc) is 3.57. The van der Waals surface area contributed by atoms with Crippen LogP contribution < -0.4 is 20.5 Å². The molecule has 11 nitrogen and oxygen atoms in total. The molecular formula is C28H32F2N6O5. The molecule has 13 heteroatoms. The highest BCUT2D eigenvalue weighted by Gasteiger charge is 2.35. The van der Waals surface area contributed by atoms with Crippen LogP contribution in [0.3, 0.4) is 0 Å². The number of nitrogens with one attached hydrogen (secondary N) is 1. The number of carbonyl (C=O) groups is 3. The summed E-state index contributed by atoms with van der Waals surface area (Å²) in [4.78, 5) is 44.4. The number of halogens is 2. The second kappa shape index (κ2) is 11.5. The molecule has 0 spiro atoms. The molecule has 1 aliphatic heterocycles. The third-order valence-electron chi connectivity index (χ3n) is 6.91. The SMILES string of the molecule is C=CC(=O)N1CCC(n2nc(-c3c(F)c(OC)cc(OC)c3F)c3c(N)nc(C(C)=O)c(C(=O)NCC(C)C)c32)C1. The van der Waals surface area contributed by atoms with Crippen molar-refractivity contribution in [2.45, 2.75) is 33.2 Å². The summed E-state index contributed by atoms with van der Waals surface area (Å²) in [6.45, 7) is 9.35. The third-order valence-corrected chi connectivity index (χ3v) is 6.91. The zero-order valence-electron chi connectivity index (χ0n) is 23.5. The van der Waals surface area contributed by atoms with E-state index in [1.54, 1.807) is 0 Å². The molecule has 0 radical (unpaired) electrons. The van der Waals surface area contributed by atoms with E-state index in [2.05, 4.69) is 22.0 Å². The summed E-state index contributed by atoms with van der Waals surface area (Å²) >= 11 is 0. The van der Waals surface area contributed by atoms with Crippen LogP contribution in [0.1, 0.15) is 54.1 Å². The van der Waals surface area contributed by atoms with E-state index in [0.29, 0.717) is 13.0 Å². The monoisotopic (exact) mass is 570 g/mol. The summed E-state index contributed by atoms with van der Waals surface area (Å²) in [5, 5.41) is 7.34. The molecule has 3 heterocycles. The van der Waals surface area contributed by atoms with Gasteiger partial charge in [-0.1, -0.05) is 20.4 Å². The number of nitrogens with zero attached hydrogens (tertiary/aromatic N) is 4. The van der Waals surface area contributed by atoms with Crippen molar-refractivity contribution >= 4 is 34.3 Å². The number of carbonyl (C=O) groups excluding carboxylic acids is 3. The van der Waals surface area contributed by atoms with Crippen molar-refractivity contribution < 1.29 is 32.6 Å². The molecular weight excluding hydrogens is 538 g/mol. The summed E-state index contributed by atoms with van der Waals surface area (Å²) in [6, 6.07) is 0.524. The first-order valence-corrected chi connectivity index (χ1v) is 13.0. The third kappa shape index (κ3) is 5.19. The highest BCUT2D eigenvalue weighted by atomic mass is 19.1. The standard InChI is InChI=1S/C28H32F2N6O5/c1-7-18(38)35-9-8-15(12-35)36-26-20(25(34-36)19-22(29)16(40-5)10-17(41-6)23(19)30)27(31)33-24(14(4)37)21(26)28(39)32-11-13(2)3/h7,10,13,15H,1,8-9,11-12H2,2-6H3,(H2,31,33)(H,32,39). The molecule has 2 aromatic heterocycles. The first-order chi connectivity index (χ1) is 19.4. The topological polar surface area (TPSA) is 142 Å². The lowest BCUT2D eigenvalue weighted by molar-refractivity contribution is -0.125. The highest BCUT2D eigenvalue weighted by molar-refractivity contribution is 6.17. The largest absolute Gasteiger partial charge is 0.494 e. The van der Waals surface area contributed by atoms with Gasteiger partial charge in [0.05, 0.1) is 42.3 Å². The molecule has 3 N–H and O–H groups in total. The summed E-state index contributed by atoms with van der Waals surface area (Å²) < 4.78 is 43.1. The van der Waals surface area contributed by atoms with Crippen LogP contribution >= 0.6 is 0 Å². The Kier molecular flexibility index (Phi) is 8.27. The Morgan fingerprint density at radius 1 is 1.22 bits per heavy atom. The van der Waals surface area contributed by atoms with E-state index in [1.165, 1.54) is 36.8 Å². The lowest BCUT2D eigenvalue weighted by Crippen LogP contribution is -2.30. The number of benzene rings is 1. The summed E-state index contributed by atoms with van der Waals surface area (Å²) in [5.41, 5.74) is 5.18. The van der Waals surface area contributed by atoms with Gasteiger partial charge in [-0.15, -0.1) is 0 Å². The van der Waals surface area contributed by atoms with Crippen molar-refractivity contribution in [3.05, 3.63) is 41.6 Å². The Morgan fingerprint density at radius 3 is 2.39 bits per heavy atom.